The number of nitrogens with zero attached hydrogens (tertiary/aromatic N) is 1. The fourth-order valence-electron chi connectivity index (χ4n) is 3.40. The number of aliphatic hydroxyl groups excluding tert-OH is 1. The average Bonchev–Trinajstić information content (AvgIpc) is 3.00. The number of aliphatic hydroxyl groups is 1. The van der Waals surface area contributed by atoms with Crippen LogP contribution in [0.25, 0.3) is 5.76 Å². The zero-order chi connectivity index (χ0) is 19.7. The molecule has 3 aromatic rings. The van der Waals surface area contributed by atoms with Crippen molar-refractivity contribution in [3.8, 4) is 0 Å². The van der Waals surface area contributed by atoms with Crippen molar-refractivity contribution in [1.82, 2.24) is 0 Å². The number of anilines is 1. The first-order valence-electron chi connectivity index (χ1n) is 8.75. The number of benzene rings is 3. The summed E-state index contributed by atoms with van der Waals surface area (Å²) in [4.78, 5) is 27.3. The smallest absolute Gasteiger partial charge is 0.300 e. The molecular formula is C23H16BrNO3. The summed E-state index contributed by atoms with van der Waals surface area (Å²) in [6.45, 7) is 0. The lowest BCUT2D eigenvalue weighted by molar-refractivity contribution is -0.132. The van der Waals surface area contributed by atoms with Gasteiger partial charge >= 0.3 is 0 Å². The summed E-state index contributed by atoms with van der Waals surface area (Å²) in [5, 5.41) is 10.9. The summed E-state index contributed by atoms with van der Waals surface area (Å²) in [6, 6.07) is 24.5. The Hall–Kier alpha value is -3.18. The number of amides is 1. The van der Waals surface area contributed by atoms with Gasteiger partial charge in [-0.1, -0.05) is 76.6 Å². The van der Waals surface area contributed by atoms with E-state index in [1.807, 2.05) is 48.5 Å². The minimum absolute atomic E-state index is 0.0883. The normalized spacial score (nSPS) is 18.5. The molecule has 0 saturated carbocycles. The topological polar surface area (TPSA) is 57.6 Å². The Kier molecular flexibility index (Phi) is 4.84. The monoisotopic (exact) mass is 433 g/mol. The van der Waals surface area contributed by atoms with Gasteiger partial charge in [0.05, 0.1) is 11.6 Å². The van der Waals surface area contributed by atoms with Gasteiger partial charge in [-0.05, 0) is 29.8 Å². The number of Topliss-reactive ketones (excluding diaryl/α,β-unsaturated/α-hetero) is 1. The van der Waals surface area contributed by atoms with E-state index >= 15 is 0 Å². The lowest BCUT2D eigenvalue weighted by Gasteiger charge is -2.25. The molecule has 1 heterocycles. The summed E-state index contributed by atoms with van der Waals surface area (Å²) in [6.07, 6.45) is 0. The molecule has 3 aromatic carbocycles. The molecule has 1 saturated heterocycles. The van der Waals surface area contributed by atoms with E-state index in [9.17, 15) is 14.7 Å². The van der Waals surface area contributed by atoms with Crippen LogP contribution in [0.1, 0.15) is 17.2 Å². The maximum atomic E-state index is 12.9. The van der Waals surface area contributed by atoms with Crippen molar-refractivity contribution >= 4 is 39.1 Å². The SMILES string of the molecule is O=C1C(=O)N(c2ccc(Br)cc2)C(c2ccccc2)C1=C(O)c1ccccc1. The zero-order valence-corrected chi connectivity index (χ0v) is 16.3. The number of hydrogen-bond acceptors (Lipinski definition) is 3. The molecular weight excluding hydrogens is 418 g/mol. The van der Waals surface area contributed by atoms with Crippen molar-refractivity contribution < 1.29 is 14.7 Å². The minimum Gasteiger partial charge on any atom is -0.507 e. The van der Waals surface area contributed by atoms with E-state index in [2.05, 4.69) is 15.9 Å². The van der Waals surface area contributed by atoms with E-state index in [1.54, 1.807) is 36.4 Å². The van der Waals surface area contributed by atoms with Crippen molar-refractivity contribution in [2.45, 2.75) is 6.04 Å². The molecule has 0 spiro atoms. The second kappa shape index (κ2) is 7.44. The van der Waals surface area contributed by atoms with Crippen LogP contribution < -0.4 is 4.90 Å². The molecule has 138 valence electrons. The Morgan fingerprint density at radius 1 is 0.821 bits per heavy atom. The first-order valence-corrected chi connectivity index (χ1v) is 9.54. The number of halogens is 1. The molecule has 1 aliphatic rings. The first kappa shape index (κ1) is 18.2. The van der Waals surface area contributed by atoms with Gasteiger partial charge in [0.2, 0.25) is 0 Å². The molecule has 4 rings (SSSR count). The molecule has 28 heavy (non-hydrogen) atoms. The maximum Gasteiger partial charge on any atom is 0.300 e. The van der Waals surface area contributed by atoms with Crippen LogP contribution in [0.15, 0.2) is 95.0 Å². The summed E-state index contributed by atoms with van der Waals surface area (Å²) in [5.74, 6) is -1.53. The van der Waals surface area contributed by atoms with Crippen LogP contribution in [0.3, 0.4) is 0 Å². The molecule has 1 aliphatic heterocycles. The predicted molar refractivity (Wildman–Crippen MR) is 112 cm³/mol. The minimum atomic E-state index is -0.706. The van der Waals surface area contributed by atoms with Crippen LogP contribution in [0, 0.1) is 0 Å². The molecule has 0 radical (unpaired) electrons. The average molecular weight is 434 g/mol. The van der Waals surface area contributed by atoms with E-state index in [-0.39, 0.29) is 11.3 Å². The van der Waals surface area contributed by atoms with Crippen molar-refractivity contribution in [2.24, 2.45) is 0 Å². The quantitative estimate of drug-likeness (QED) is 0.356. The fraction of sp³-hybridized carbons (Fsp3) is 0.0435. The number of hydrogen-bond donors (Lipinski definition) is 1. The van der Waals surface area contributed by atoms with E-state index in [0.717, 1.165) is 10.0 Å². The molecule has 1 N–H and O–H groups in total. The second-order valence-electron chi connectivity index (χ2n) is 6.42. The van der Waals surface area contributed by atoms with Crippen molar-refractivity contribution in [1.29, 1.82) is 0 Å². The van der Waals surface area contributed by atoms with Gasteiger partial charge in [-0.25, -0.2) is 0 Å². The van der Waals surface area contributed by atoms with Crippen molar-refractivity contribution in [3.63, 3.8) is 0 Å². The first-order chi connectivity index (χ1) is 13.6. The lowest BCUT2D eigenvalue weighted by Crippen LogP contribution is -2.29. The number of carbonyl (C=O) groups is 2. The number of ketones is 1. The molecule has 1 amide bonds. The van der Waals surface area contributed by atoms with Crippen LogP contribution in [-0.2, 0) is 9.59 Å². The zero-order valence-electron chi connectivity index (χ0n) is 14.7. The fourth-order valence-corrected chi connectivity index (χ4v) is 3.67. The molecule has 1 atom stereocenters. The van der Waals surface area contributed by atoms with Crippen LogP contribution >= 0.6 is 15.9 Å². The summed E-state index contributed by atoms with van der Waals surface area (Å²) >= 11 is 3.39. The molecule has 0 bridgehead atoms. The molecule has 1 unspecified atom stereocenters. The Bertz CT molecular complexity index is 1060. The van der Waals surface area contributed by atoms with Gasteiger partial charge in [-0.15, -0.1) is 0 Å². The highest BCUT2D eigenvalue weighted by Crippen LogP contribution is 2.42. The van der Waals surface area contributed by atoms with Gasteiger partial charge in [0, 0.05) is 15.7 Å². The lowest BCUT2D eigenvalue weighted by atomic mass is 9.95. The van der Waals surface area contributed by atoms with E-state index in [0.29, 0.717) is 11.3 Å². The highest BCUT2D eigenvalue weighted by molar-refractivity contribution is 9.10. The molecule has 0 aromatic heterocycles. The van der Waals surface area contributed by atoms with Gasteiger partial charge < -0.3 is 5.11 Å². The van der Waals surface area contributed by atoms with E-state index in [4.69, 9.17) is 0 Å². The maximum absolute atomic E-state index is 12.9. The summed E-state index contributed by atoms with van der Waals surface area (Å²) < 4.78 is 0.869. The molecule has 0 aliphatic carbocycles. The van der Waals surface area contributed by atoms with Gasteiger partial charge in [0.1, 0.15) is 5.76 Å². The summed E-state index contributed by atoms with van der Waals surface area (Å²) in [7, 11) is 0. The van der Waals surface area contributed by atoms with Crippen LogP contribution in [0.2, 0.25) is 0 Å². The Morgan fingerprint density at radius 2 is 1.39 bits per heavy atom. The largest absolute Gasteiger partial charge is 0.507 e. The van der Waals surface area contributed by atoms with E-state index < -0.39 is 17.7 Å². The van der Waals surface area contributed by atoms with Gasteiger partial charge in [-0.2, -0.15) is 0 Å². The van der Waals surface area contributed by atoms with Crippen LogP contribution in [-0.4, -0.2) is 16.8 Å². The van der Waals surface area contributed by atoms with Crippen molar-refractivity contribution in [2.75, 3.05) is 4.90 Å². The van der Waals surface area contributed by atoms with Crippen LogP contribution in [0.4, 0.5) is 5.69 Å². The number of carbonyl (C=O) groups excluding carboxylic acids is 2. The highest BCUT2D eigenvalue weighted by Gasteiger charge is 2.46. The van der Waals surface area contributed by atoms with Crippen molar-refractivity contribution in [3.05, 3.63) is 106 Å². The van der Waals surface area contributed by atoms with Gasteiger partial charge in [0.25, 0.3) is 11.7 Å². The van der Waals surface area contributed by atoms with Crippen LogP contribution in [0.5, 0.6) is 0 Å². The molecule has 1 fully saturated rings. The Morgan fingerprint density at radius 3 is 2.00 bits per heavy atom. The standard InChI is InChI=1S/C23H16BrNO3/c24-17-11-13-18(14-12-17)25-20(15-7-3-1-4-8-15)19(22(27)23(25)28)21(26)16-9-5-2-6-10-16/h1-14,20,26H. The third-order valence-corrected chi connectivity index (χ3v) is 5.24. The Labute approximate surface area is 170 Å². The van der Waals surface area contributed by atoms with E-state index in [1.165, 1.54) is 4.90 Å². The molecule has 4 nitrogen and oxygen atoms in total. The molecule has 5 heteroatoms. The second-order valence-corrected chi connectivity index (χ2v) is 7.34. The number of rotatable bonds is 3. The Balaban J connectivity index is 1.94. The predicted octanol–water partition coefficient (Wildman–Crippen LogP) is 5.08. The van der Waals surface area contributed by atoms with Gasteiger partial charge in [0.15, 0.2) is 0 Å². The highest BCUT2D eigenvalue weighted by atomic mass is 79.9. The van der Waals surface area contributed by atoms with Gasteiger partial charge in [-0.3, -0.25) is 14.5 Å². The third-order valence-electron chi connectivity index (χ3n) is 4.71. The summed E-state index contributed by atoms with van der Waals surface area (Å²) in [5.41, 5.74) is 1.93. The third kappa shape index (κ3) is 3.14.